The van der Waals surface area contributed by atoms with Gasteiger partial charge in [-0.05, 0) is 54.9 Å². The lowest BCUT2D eigenvalue weighted by atomic mass is 9.91. The summed E-state index contributed by atoms with van der Waals surface area (Å²) >= 11 is 0. The highest BCUT2D eigenvalue weighted by Crippen LogP contribution is 2.32. The number of carbonyl (C=O) groups is 4. The van der Waals surface area contributed by atoms with Crippen LogP contribution in [0.4, 0.5) is 0 Å². The minimum Gasteiger partial charge on any atom is -0.380 e. The van der Waals surface area contributed by atoms with E-state index in [0.29, 0.717) is 48.5 Å². The molecule has 6 rings (SSSR count). The van der Waals surface area contributed by atoms with E-state index in [0.717, 1.165) is 33.5 Å². The van der Waals surface area contributed by atoms with Gasteiger partial charge in [0.25, 0.3) is 23.6 Å². The van der Waals surface area contributed by atoms with Gasteiger partial charge in [0.1, 0.15) is 0 Å². The summed E-state index contributed by atoms with van der Waals surface area (Å²) in [4.78, 5) is 57.1. The van der Waals surface area contributed by atoms with Crippen molar-refractivity contribution in [1.82, 2.24) is 14.7 Å². The molecular formula is C36H39N3O5. The van der Waals surface area contributed by atoms with E-state index in [1.807, 2.05) is 62.5 Å². The van der Waals surface area contributed by atoms with Crippen molar-refractivity contribution in [2.45, 2.75) is 33.6 Å². The molecule has 2 aliphatic heterocycles. The molecule has 44 heavy (non-hydrogen) atoms. The average Bonchev–Trinajstić information content (AvgIpc) is 3.02. The molecule has 4 aromatic rings. The standard InChI is InChI=1S/C33H31N3O5.C3H8/c1-21-13-14-23-9-5-12-26-29(23)27(21)33(40)35(32(26)39)17-16-34(2)15-6-19-41-20-18-36-30(37)24-10-3-7-22-8-4-11-25(28(22)24)31(36)38;1-3-2/h3-5,7-14H,6,15-20H2,1-2H3;3H2,1-2H3. The largest absolute Gasteiger partial charge is 0.380 e. The third kappa shape index (κ3) is 5.87. The van der Waals surface area contributed by atoms with Crippen LogP contribution in [-0.4, -0.2) is 84.8 Å². The van der Waals surface area contributed by atoms with Gasteiger partial charge in [-0.1, -0.05) is 68.8 Å². The van der Waals surface area contributed by atoms with Crippen LogP contribution in [0.5, 0.6) is 0 Å². The van der Waals surface area contributed by atoms with Crippen LogP contribution in [0, 0.1) is 6.92 Å². The molecule has 2 aliphatic rings. The molecule has 4 aromatic carbocycles. The molecule has 0 bridgehead atoms. The van der Waals surface area contributed by atoms with Crippen LogP contribution in [0.15, 0.2) is 66.7 Å². The summed E-state index contributed by atoms with van der Waals surface area (Å²) in [6.45, 7) is 8.59. The predicted molar refractivity (Wildman–Crippen MR) is 172 cm³/mol. The number of hydrogen-bond donors (Lipinski definition) is 0. The predicted octanol–water partition coefficient (Wildman–Crippen LogP) is 5.95. The van der Waals surface area contributed by atoms with Gasteiger partial charge < -0.3 is 9.64 Å². The van der Waals surface area contributed by atoms with Crippen LogP contribution in [0.1, 0.15) is 73.7 Å². The number of benzene rings is 4. The topological polar surface area (TPSA) is 87.2 Å². The van der Waals surface area contributed by atoms with Gasteiger partial charge in [-0.15, -0.1) is 0 Å². The summed E-state index contributed by atoms with van der Waals surface area (Å²) in [5.41, 5.74) is 3.13. The molecule has 0 radical (unpaired) electrons. The first-order chi connectivity index (χ1) is 21.3. The van der Waals surface area contributed by atoms with Gasteiger partial charge in [-0.3, -0.25) is 29.0 Å². The van der Waals surface area contributed by atoms with Crippen LogP contribution in [-0.2, 0) is 4.74 Å². The summed E-state index contributed by atoms with van der Waals surface area (Å²) in [5, 5.41) is 3.25. The molecule has 0 spiro atoms. The van der Waals surface area contributed by atoms with Crippen LogP contribution in [0.2, 0.25) is 0 Å². The summed E-state index contributed by atoms with van der Waals surface area (Å²) in [6, 6.07) is 20.4. The Morgan fingerprint density at radius 2 is 1.16 bits per heavy atom. The lowest BCUT2D eigenvalue weighted by Crippen LogP contribution is -2.44. The Hall–Kier alpha value is -4.40. The van der Waals surface area contributed by atoms with Crippen molar-refractivity contribution in [2.75, 3.05) is 46.4 Å². The Kier molecular flexibility index (Phi) is 9.52. The van der Waals surface area contributed by atoms with E-state index in [4.69, 9.17) is 4.74 Å². The fourth-order valence-electron chi connectivity index (χ4n) is 5.87. The van der Waals surface area contributed by atoms with Crippen LogP contribution < -0.4 is 0 Å². The van der Waals surface area contributed by atoms with Crippen molar-refractivity contribution in [3.05, 3.63) is 94.5 Å². The minimum atomic E-state index is -0.293. The first-order valence-electron chi connectivity index (χ1n) is 15.3. The average molecular weight is 594 g/mol. The molecular weight excluding hydrogens is 554 g/mol. The number of likely N-dealkylation sites (N-methyl/N-ethyl adjacent to an activating group) is 1. The molecule has 0 N–H and O–H groups in total. The number of carbonyl (C=O) groups excluding carboxylic acids is 4. The molecule has 0 saturated carbocycles. The summed E-state index contributed by atoms with van der Waals surface area (Å²) in [7, 11) is 1.95. The van der Waals surface area contributed by atoms with E-state index < -0.39 is 0 Å². The number of hydrogen-bond acceptors (Lipinski definition) is 6. The van der Waals surface area contributed by atoms with Gasteiger partial charge in [0, 0.05) is 53.7 Å². The van der Waals surface area contributed by atoms with Gasteiger partial charge in [0.05, 0.1) is 18.7 Å². The molecule has 0 atom stereocenters. The molecule has 8 heteroatoms. The maximum Gasteiger partial charge on any atom is 0.261 e. The van der Waals surface area contributed by atoms with Gasteiger partial charge in [-0.25, -0.2) is 0 Å². The highest BCUT2D eigenvalue weighted by molar-refractivity contribution is 6.26. The van der Waals surface area contributed by atoms with Crippen molar-refractivity contribution in [1.29, 1.82) is 0 Å². The molecule has 0 aromatic heterocycles. The first-order valence-corrected chi connectivity index (χ1v) is 15.3. The smallest absolute Gasteiger partial charge is 0.261 e. The van der Waals surface area contributed by atoms with Crippen LogP contribution in [0.3, 0.4) is 0 Å². The first kappa shape index (κ1) is 31.0. The van der Waals surface area contributed by atoms with E-state index in [-0.39, 0.29) is 36.8 Å². The lowest BCUT2D eigenvalue weighted by molar-refractivity contribution is 0.0515. The normalized spacial score (nSPS) is 14.1. The number of ether oxygens (including phenoxy) is 1. The second-order valence-electron chi connectivity index (χ2n) is 11.4. The SMILES string of the molecule is CCC.Cc1ccc2cccc3c2c1C(=O)N(CCN(C)CCCOCCN1C(=O)c2cccc4cccc(c24)C1=O)C3=O. The van der Waals surface area contributed by atoms with Crippen molar-refractivity contribution in [3.63, 3.8) is 0 Å². The van der Waals surface area contributed by atoms with Crippen molar-refractivity contribution < 1.29 is 23.9 Å². The Bertz CT molecular complexity index is 1700. The molecule has 8 nitrogen and oxygen atoms in total. The van der Waals surface area contributed by atoms with Crippen molar-refractivity contribution in [3.8, 4) is 0 Å². The van der Waals surface area contributed by atoms with Crippen molar-refractivity contribution in [2.24, 2.45) is 0 Å². The van der Waals surface area contributed by atoms with Gasteiger partial charge >= 0.3 is 0 Å². The van der Waals surface area contributed by atoms with Gasteiger partial charge in [-0.2, -0.15) is 0 Å². The maximum absolute atomic E-state index is 13.3. The minimum absolute atomic E-state index is 0.186. The second kappa shape index (κ2) is 13.5. The number of aryl methyl sites for hydroxylation is 1. The third-order valence-electron chi connectivity index (χ3n) is 8.04. The number of imide groups is 2. The highest BCUT2D eigenvalue weighted by atomic mass is 16.5. The van der Waals surface area contributed by atoms with Crippen LogP contribution in [0.25, 0.3) is 21.5 Å². The molecule has 0 saturated heterocycles. The lowest BCUT2D eigenvalue weighted by Gasteiger charge is -2.29. The van der Waals surface area contributed by atoms with Crippen LogP contribution >= 0.6 is 0 Å². The quantitative estimate of drug-likeness (QED) is 0.167. The summed E-state index contributed by atoms with van der Waals surface area (Å²) < 4.78 is 5.77. The van der Waals surface area contributed by atoms with E-state index in [1.165, 1.54) is 16.2 Å². The summed E-state index contributed by atoms with van der Waals surface area (Å²) in [5.74, 6) is -1.08. The molecule has 0 fully saturated rings. The van der Waals surface area contributed by atoms with Gasteiger partial charge in [0.15, 0.2) is 0 Å². The zero-order valence-corrected chi connectivity index (χ0v) is 25.9. The zero-order chi connectivity index (χ0) is 31.4. The van der Waals surface area contributed by atoms with E-state index >= 15 is 0 Å². The van der Waals surface area contributed by atoms with E-state index in [2.05, 4.69) is 18.7 Å². The zero-order valence-electron chi connectivity index (χ0n) is 25.9. The fraction of sp³-hybridized carbons (Fsp3) is 0.333. The Balaban J connectivity index is 0.00000123. The number of nitrogens with zero attached hydrogens (tertiary/aromatic N) is 3. The van der Waals surface area contributed by atoms with E-state index in [1.54, 1.807) is 18.2 Å². The fourth-order valence-corrected chi connectivity index (χ4v) is 5.87. The highest BCUT2D eigenvalue weighted by Gasteiger charge is 2.34. The molecule has 0 unspecified atom stereocenters. The Morgan fingerprint density at radius 3 is 1.75 bits per heavy atom. The molecule has 4 amide bonds. The van der Waals surface area contributed by atoms with Crippen molar-refractivity contribution >= 4 is 45.2 Å². The Morgan fingerprint density at radius 1 is 0.636 bits per heavy atom. The van der Waals surface area contributed by atoms with Gasteiger partial charge in [0.2, 0.25) is 0 Å². The molecule has 2 heterocycles. The number of rotatable bonds is 10. The number of amides is 4. The summed E-state index contributed by atoms with van der Waals surface area (Å²) in [6.07, 6.45) is 1.98. The van der Waals surface area contributed by atoms with E-state index in [9.17, 15) is 19.2 Å². The molecule has 0 aliphatic carbocycles. The Labute approximate surface area is 258 Å². The third-order valence-corrected chi connectivity index (χ3v) is 8.04. The molecule has 228 valence electrons. The maximum atomic E-state index is 13.3. The monoisotopic (exact) mass is 593 g/mol. The second-order valence-corrected chi connectivity index (χ2v) is 11.4.